The molecule has 1 fully saturated rings. The molecule has 1 amide bonds. The zero-order valence-corrected chi connectivity index (χ0v) is 11.0. The number of hydrogen-bond donors (Lipinski definition) is 3. The smallest absolute Gasteiger partial charge is 0.257 e. The van der Waals surface area contributed by atoms with Crippen LogP contribution < -0.4 is 11.3 Å². The van der Waals surface area contributed by atoms with Gasteiger partial charge in [-0.15, -0.1) is 0 Å². The highest BCUT2D eigenvalue weighted by Crippen LogP contribution is 2.20. The zero-order chi connectivity index (χ0) is 14.7. The summed E-state index contributed by atoms with van der Waals surface area (Å²) in [7, 11) is 0. The number of hydrazine groups is 1. The van der Waals surface area contributed by atoms with Gasteiger partial charge in [-0.3, -0.25) is 4.79 Å². The molecule has 2 unspecified atom stereocenters. The van der Waals surface area contributed by atoms with Crippen molar-refractivity contribution in [3.8, 4) is 0 Å². The van der Waals surface area contributed by atoms with Gasteiger partial charge >= 0.3 is 0 Å². The van der Waals surface area contributed by atoms with Gasteiger partial charge in [0.15, 0.2) is 11.6 Å². The molecular formula is C12H17FN4O3. The lowest BCUT2D eigenvalue weighted by Crippen LogP contribution is -2.52. The quantitative estimate of drug-likeness (QED) is 0.522. The summed E-state index contributed by atoms with van der Waals surface area (Å²) >= 11 is 0. The fraction of sp³-hybridized carbons (Fsp3) is 0.500. The Morgan fingerprint density at radius 3 is 3.15 bits per heavy atom. The van der Waals surface area contributed by atoms with Crippen LogP contribution in [0.1, 0.15) is 17.3 Å². The molecular weight excluding hydrogens is 267 g/mol. The molecule has 20 heavy (non-hydrogen) atoms. The van der Waals surface area contributed by atoms with E-state index in [-0.39, 0.29) is 30.6 Å². The van der Waals surface area contributed by atoms with Crippen molar-refractivity contribution < 1.29 is 19.0 Å². The molecule has 110 valence electrons. The number of anilines is 1. The number of nitrogens with two attached hydrogens (primary N) is 1. The lowest BCUT2D eigenvalue weighted by atomic mass is 10.1. The average Bonchev–Trinajstić information content (AvgIpc) is 2.47. The number of nitrogens with zero attached hydrogens (tertiary/aromatic N) is 2. The monoisotopic (exact) mass is 284 g/mol. The molecule has 0 saturated carbocycles. The Labute approximate surface area is 115 Å². The first kappa shape index (κ1) is 14.6. The third-order valence-corrected chi connectivity index (χ3v) is 3.23. The van der Waals surface area contributed by atoms with Gasteiger partial charge in [0, 0.05) is 12.7 Å². The number of carbonyl (C=O) groups is 1. The summed E-state index contributed by atoms with van der Waals surface area (Å²) in [5.41, 5.74) is 1.99. The van der Waals surface area contributed by atoms with E-state index < -0.39 is 17.8 Å². The summed E-state index contributed by atoms with van der Waals surface area (Å²) in [6, 6.07) is 1.10. The van der Waals surface area contributed by atoms with Crippen molar-refractivity contribution in [2.24, 2.45) is 5.84 Å². The molecule has 4 N–H and O–H groups in total. The first-order valence-electron chi connectivity index (χ1n) is 6.23. The molecule has 2 heterocycles. The maximum Gasteiger partial charge on any atom is 0.257 e. The van der Waals surface area contributed by atoms with E-state index in [1.165, 1.54) is 17.2 Å². The maximum atomic E-state index is 14.1. The number of carbonyl (C=O) groups excluding carboxylic acids is 1. The molecule has 1 aromatic heterocycles. The van der Waals surface area contributed by atoms with Crippen LogP contribution in [0.2, 0.25) is 0 Å². The van der Waals surface area contributed by atoms with Crippen LogP contribution in [0.15, 0.2) is 12.3 Å². The van der Waals surface area contributed by atoms with Gasteiger partial charge in [0.05, 0.1) is 30.9 Å². The molecule has 0 radical (unpaired) electrons. The number of halogens is 1. The van der Waals surface area contributed by atoms with Crippen LogP contribution in [-0.4, -0.2) is 52.8 Å². The Morgan fingerprint density at radius 1 is 1.75 bits per heavy atom. The highest BCUT2D eigenvalue weighted by molar-refractivity contribution is 5.95. The summed E-state index contributed by atoms with van der Waals surface area (Å²) in [6.07, 6.45) is 0.854. The van der Waals surface area contributed by atoms with E-state index in [2.05, 4.69) is 10.4 Å². The minimum absolute atomic E-state index is 0.113. The largest absolute Gasteiger partial charge is 0.394 e. The topological polar surface area (TPSA) is 101 Å². The van der Waals surface area contributed by atoms with Crippen molar-refractivity contribution in [1.29, 1.82) is 0 Å². The van der Waals surface area contributed by atoms with Gasteiger partial charge in [-0.2, -0.15) is 0 Å². The van der Waals surface area contributed by atoms with Gasteiger partial charge in [0.1, 0.15) is 0 Å². The molecule has 2 atom stereocenters. The van der Waals surface area contributed by atoms with Gasteiger partial charge in [-0.05, 0) is 13.0 Å². The second-order valence-corrected chi connectivity index (χ2v) is 4.61. The second-order valence-electron chi connectivity index (χ2n) is 4.61. The van der Waals surface area contributed by atoms with Crippen molar-refractivity contribution in [3.63, 3.8) is 0 Å². The van der Waals surface area contributed by atoms with Crippen LogP contribution in [0.5, 0.6) is 0 Å². The molecule has 0 bridgehead atoms. The first-order valence-corrected chi connectivity index (χ1v) is 6.23. The average molecular weight is 284 g/mol. The van der Waals surface area contributed by atoms with Crippen molar-refractivity contribution >= 4 is 11.7 Å². The maximum absolute atomic E-state index is 14.1. The summed E-state index contributed by atoms with van der Waals surface area (Å²) in [5, 5.41) is 9.11. The number of amides is 1. The fourth-order valence-corrected chi connectivity index (χ4v) is 2.08. The molecule has 8 heteroatoms. The molecule has 2 rings (SSSR count). The number of nitrogens with one attached hydrogen (secondary N) is 1. The van der Waals surface area contributed by atoms with E-state index in [9.17, 15) is 9.18 Å². The number of pyridine rings is 1. The van der Waals surface area contributed by atoms with Crippen LogP contribution in [0.3, 0.4) is 0 Å². The molecule has 1 saturated heterocycles. The van der Waals surface area contributed by atoms with Gasteiger partial charge in [0.2, 0.25) is 0 Å². The lowest BCUT2D eigenvalue weighted by Gasteiger charge is -2.37. The minimum atomic E-state index is -0.792. The van der Waals surface area contributed by atoms with E-state index in [0.29, 0.717) is 6.61 Å². The van der Waals surface area contributed by atoms with E-state index >= 15 is 0 Å². The van der Waals surface area contributed by atoms with E-state index in [1.807, 2.05) is 0 Å². The number of morpholine rings is 1. The van der Waals surface area contributed by atoms with Crippen molar-refractivity contribution in [2.75, 3.05) is 25.2 Å². The highest BCUT2D eigenvalue weighted by Gasteiger charge is 2.31. The Bertz CT molecular complexity index is 500. The van der Waals surface area contributed by atoms with Crippen molar-refractivity contribution in [1.82, 2.24) is 9.88 Å². The predicted molar refractivity (Wildman–Crippen MR) is 69.3 cm³/mol. The predicted octanol–water partition coefficient (Wildman–Crippen LogP) is -0.272. The molecule has 1 aromatic rings. The van der Waals surface area contributed by atoms with Crippen molar-refractivity contribution in [2.45, 2.75) is 19.1 Å². The summed E-state index contributed by atoms with van der Waals surface area (Å²) < 4.78 is 19.4. The number of aromatic nitrogens is 1. The molecule has 0 aromatic carbocycles. The third-order valence-electron chi connectivity index (χ3n) is 3.23. The standard InChI is InChI=1S/C12H17FN4O3/c1-7-6-20-8(5-18)4-17(7)12(19)9-2-3-15-11(16-14)10(9)13/h2-3,7-8,18H,4-6,14H2,1H3,(H,15,16). The molecule has 1 aliphatic rings. The van der Waals surface area contributed by atoms with Crippen LogP contribution in [0, 0.1) is 5.82 Å². The van der Waals surface area contributed by atoms with E-state index in [4.69, 9.17) is 15.7 Å². The summed E-state index contributed by atoms with van der Waals surface area (Å²) in [4.78, 5) is 17.6. The highest BCUT2D eigenvalue weighted by atomic mass is 19.1. The number of aliphatic hydroxyl groups is 1. The van der Waals surface area contributed by atoms with Gasteiger partial charge in [0.25, 0.3) is 5.91 Å². The summed E-state index contributed by atoms with van der Waals surface area (Å²) in [5.74, 6) is 3.69. The Balaban J connectivity index is 2.26. The Kier molecular flexibility index (Phi) is 4.48. The fourth-order valence-electron chi connectivity index (χ4n) is 2.08. The third kappa shape index (κ3) is 2.72. The number of rotatable bonds is 3. The SMILES string of the molecule is CC1COC(CO)CN1C(=O)c1ccnc(NN)c1F. The second kappa shape index (κ2) is 6.12. The normalized spacial score (nSPS) is 22.7. The number of hydrogen-bond acceptors (Lipinski definition) is 6. The Hall–Kier alpha value is -1.77. The van der Waals surface area contributed by atoms with Gasteiger partial charge in [-0.25, -0.2) is 15.2 Å². The van der Waals surface area contributed by atoms with Crippen LogP contribution in [0.4, 0.5) is 10.2 Å². The van der Waals surface area contributed by atoms with Gasteiger partial charge in [-0.1, -0.05) is 0 Å². The van der Waals surface area contributed by atoms with Crippen molar-refractivity contribution in [3.05, 3.63) is 23.6 Å². The van der Waals surface area contributed by atoms with E-state index in [0.717, 1.165) is 0 Å². The molecule has 0 aliphatic carbocycles. The lowest BCUT2D eigenvalue weighted by molar-refractivity contribution is -0.0668. The van der Waals surface area contributed by atoms with Crippen LogP contribution >= 0.6 is 0 Å². The zero-order valence-electron chi connectivity index (χ0n) is 11.0. The van der Waals surface area contributed by atoms with E-state index in [1.54, 1.807) is 6.92 Å². The van der Waals surface area contributed by atoms with Crippen LogP contribution in [-0.2, 0) is 4.74 Å². The molecule has 0 spiro atoms. The van der Waals surface area contributed by atoms with Gasteiger partial charge < -0.3 is 20.2 Å². The minimum Gasteiger partial charge on any atom is -0.394 e. The summed E-state index contributed by atoms with van der Waals surface area (Å²) in [6.45, 7) is 2.12. The first-order chi connectivity index (χ1) is 9.58. The number of aliphatic hydroxyl groups excluding tert-OH is 1. The Morgan fingerprint density at radius 2 is 2.50 bits per heavy atom. The number of nitrogen functional groups attached to an aromatic ring is 1. The number of ether oxygens (including phenoxy) is 1. The van der Waals surface area contributed by atoms with Crippen LogP contribution in [0.25, 0.3) is 0 Å². The molecule has 7 nitrogen and oxygen atoms in total. The molecule has 1 aliphatic heterocycles.